The number of rotatable bonds is 4. The number of hydrogen-bond donors (Lipinski definition) is 0. The molecule has 0 bridgehead atoms. The third-order valence-electron chi connectivity index (χ3n) is 3.02. The topological polar surface area (TPSA) is 65.4 Å². The van der Waals surface area contributed by atoms with Crippen LogP contribution in [0, 0.1) is 0 Å². The van der Waals surface area contributed by atoms with Crippen LogP contribution in [0.3, 0.4) is 0 Å². The number of methoxy groups -OCH3 is 1. The molecule has 0 aliphatic heterocycles. The molecule has 0 unspecified atom stereocenters. The lowest BCUT2D eigenvalue weighted by atomic mass is 10.1. The van der Waals surface area contributed by atoms with Gasteiger partial charge in [0.15, 0.2) is 9.84 Å². The molecule has 0 N–H and O–H groups in total. The molecule has 1 heterocycles. The van der Waals surface area contributed by atoms with Crippen LogP contribution in [0.2, 0.25) is 0 Å². The smallest absolute Gasteiger partial charge is 0.338 e. The standard InChI is InChI=1S/C14H14FNO4S/c1-20-14(17)11-8-13(21(2,18)19)12(7-10(11)9-15)16-5-3-4-6-16/h3-8H,9H2,1-2H3. The van der Waals surface area contributed by atoms with Gasteiger partial charge in [-0.1, -0.05) is 0 Å². The van der Waals surface area contributed by atoms with Crippen LogP contribution in [0.25, 0.3) is 5.69 Å². The number of aromatic nitrogens is 1. The normalized spacial score (nSPS) is 11.4. The average Bonchev–Trinajstić information content (AvgIpc) is 2.98. The van der Waals surface area contributed by atoms with Gasteiger partial charge in [-0.3, -0.25) is 0 Å². The minimum atomic E-state index is -3.60. The van der Waals surface area contributed by atoms with E-state index in [0.717, 1.165) is 19.4 Å². The van der Waals surface area contributed by atoms with Crippen LogP contribution in [-0.4, -0.2) is 32.3 Å². The molecule has 0 aliphatic rings. The van der Waals surface area contributed by atoms with E-state index in [4.69, 9.17) is 0 Å². The van der Waals surface area contributed by atoms with Crippen LogP contribution in [-0.2, 0) is 21.2 Å². The second kappa shape index (κ2) is 5.69. The first-order valence-corrected chi connectivity index (χ1v) is 7.92. The van der Waals surface area contributed by atoms with Crippen LogP contribution >= 0.6 is 0 Å². The molecule has 2 rings (SSSR count). The highest BCUT2D eigenvalue weighted by molar-refractivity contribution is 7.90. The molecule has 2 aromatic rings. The molecule has 0 radical (unpaired) electrons. The lowest BCUT2D eigenvalue weighted by molar-refractivity contribution is 0.0598. The second-order valence-corrected chi connectivity index (χ2v) is 6.45. The van der Waals surface area contributed by atoms with Crippen molar-refractivity contribution in [3.05, 3.63) is 47.8 Å². The van der Waals surface area contributed by atoms with Gasteiger partial charge in [0.25, 0.3) is 0 Å². The molecule has 7 heteroatoms. The summed E-state index contributed by atoms with van der Waals surface area (Å²) >= 11 is 0. The molecular weight excluding hydrogens is 297 g/mol. The number of alkyl halides is 1. The van der Waals surface area contributed by atoms with E-state index in [1.54, 1.807) is 29.1 Å². The molecule has 0 fully saturated rings. The Hall–Kier alpha value is -2.15. The SMILES string of the molecule is COC(=O)c1cc(S(C)(=O)=O)c(-n2cccc2)cc1CF. The van der Waals surface area contributed by atoms with Gasteiger partial charge in [0.2, 0.25) is 0 Å². The summed E-state index contributed by atoms with van der Waals surface area (Å²) in [4.78, 5) is 11.6. The quantitative estimate of drug-likeness (QED) is 0.811. The Morgan fingerprint density at radius 3 is 2.38 bits per heavy atom. The summed E-state index contributed by atoms with van der Waals surface area (Å²) in [6, 6.07) is 5.94. The molecule has 0 atom stereocenters. The monoisotopic (exact) mass is 311 g/mol. The summed E-state index contributed by atoms with van der Waals surface area (Å²) in [6.07, 6.45) is 4.32. The third kappa shape index (κ3) is 2.97. The Kier molecular flexibility index (Phi) is 4.13. The van der Waals surface area contributed by atoms with Crippen LogP contribution in [0.15, 0.2) is 41.6 Å². The van der Waals surface area contributed by atoms with Gasteiger partial charge in [-0.05, 0) is 29.8 Å². The Morgan fingerprint density at radius 1 is 1.29 bits per heavy atom. The summed E-state index contributed by atoms with van der Waals surface area (Å²) in [6.45, 7) is -0.900. The highest BCUT2D eigenvalue weighted by Gasteiger charge is 2.21. The van der Waals surface area contributed by atoms with Gasteiger partial charge >= 0.3 is 5.97 Å². The van der Waals surface area contributed by atoms with E-state index in [-0.39, 0.29) is 16.0 Å². The molecular formula is C14H14FNO4S. The van der Waals surface area contributed by atoms with Crippen molar-refractivity contribution in [1.82, 2.24) is 4.57 Å². The number of ether oxygens (including phenoxy) is 1. The predicted molar refractivity (Wildman–Crippen MR) is 75.0 cm³/mol. The van der Waals surface area contributed by atoms with Crippen molar-refractivity contribution in [1.29, 1.82) is 0 Å². The number of hydrogen-bond acceptors (Lipinski definition) is 4. The molecule has 0 spiro atoms. The zero-order chi connectivity index (χ0) is 15.6. The summed E-state index contributed by atoms with van der Waals surface area (Å²) in [5, 5.41) is 0. The first-order chi connectivity index (χ1) is 9.88. The number of benzene rings is 1. The third-order valence-corrected chi connectivity index (χ3v) is 4.14. The number of nitrogens with zero attached hydrogens (tertiary/aromatic N) is 1. The Labute approximate surface area is 121 Å². The maximum atomic E-state index is 13.2. The molecule has 21 heavy (non-hydrogen) atoms. The first kappa shape index (κ1) is 15.2. The predicted octanol–water partition coefficient (Wildman–Crippen LogP) is 2.14. The van der Waals surface area contributed by atoms with E-state index < -0.39 is 22.5 Å². The number of carbonyl (C=O) groups is 1. The minimum absolute atomic E-state index is 0.0590. The van der Waals surface area contributed by atoms with E-state index in [1.165, 1.54) is 6.07 Å². The fourth-order valence-corrected chi connectivity index (χ4v) is 2.89. The van der Waals surface area contributed by atoms with Crippen molar-refractivity contribution < 1.29 is 22.3 Å². The zero-order valence-corrected chi connectivity index (χ0v) is 12.4. The highest BCUT2D eigenvalue weighted by Crippen LogP contribution is 2.26. The molecule has 0 saturated heterocycles. The molecule has 0 aliphatic carbocycles. The number of carbonyl (C=O) groups excluding carboxylic acids is 1. The van der Waals surface area contributed by atoms with Crippen LogP contribution in [0.5, 0.6) is 0 Å². The van der Waals surface area contributed by atoms with Crippen molar-refractivity contribution >= 4 is 15.8 Å². The number of halogens is 1. The molecule has 1 aromatic carbocycles. The molecule has 5 nitrogen and oxygen atoms in total. The summed E-state index contributed by atoms with van der Waals surface area (Å²) in [7, 11) is -2.44. The van der Waals surface area contributed by atoms with Crippen LogP contribution < -0.4 is 0 Å². The van der Waals surface area contributed by atoms with Crippen molar-refractivity contribution in [2.24, 2.45) is 0 Å². The Balaban J connectivity index is 2.79. The van der Waals surface area contributed by atoms with E-state index in [9.17, 15) is 17.6 Å². The maximum Gasteiger partial charge on any atom is 0.338 e. The van der Waals surface area contributed by atoms with Gasteiger partial charge in [0, 0.05) is 18.6 Å². The highest BCUT2D eigenvalue weighted by atomic mass is 32.2. The van der Waals surface area contributed by atoms with Crippen molar-refractivity contribution in [3.8, 4) is 5.69 Å². The average molecular weight is 311 g/mol. The van der Waals surface area contributed by atoms with Gasteiger partial charge in [0.05, 0.1) is 23.3 Å². The lowest BCUT2D eigenvalue weighted by Crippen LogP contribution is -2.11. The number of esters is 1. The maximum absolute atomic E-state index is 13.2. The molecule has 1 aromatic heterocycles. The van der Waals surface area contributed by atoms with Gasteiger partial charge in [-0.2, -0.15) is 0 Å². The summed E-state index contributed by atoms with van der Waals surface area (Å²) in [5.41, 5.74) is 0.289. The van der Waals surface area contributed by atoms with E-state index in [1.807, 2.05) is 0 Å². The Morgan fingerprint density at radius 2 is 1.90 bits per heavy atom. The van der Waals surface area contributed by atoms with Gasteiger partial charge in [-0.25, -0.2) is 17.6 Å². The fourth-order valence-electron chi connectivity index (χ4n) is 2.02. The van der Waals surface area contributed by atoms with E-state index >= 15 is 0 Å². The molecule has 0 amide bonds. The zero-order valence-electron chi connectivity index (χ0n) is 11.5. The largest absolute Gasteiger partial charge is 0.465 e. The van der Waals surface area contributed by atoms with Gasteiger partial charge in [-0.15, -0.1) is 0 Å². The minimum Gasteiger partial charge on any atom is -0.465 e. The number of sulfone groups is 1. The van der Waals surface area contributed by atoms with E-state index in [0.29, 0.717) is 5.69 Å². The molecule has 112 valence electrons. The molecule has 0 saturated carbocycles. The van der Waals surface area contributed by atoms with Gasteiger partial charge in [0.1, 0.15) is 6.67 Å². The Bertz CT molecular complexity index is 767. The first-order valence-electron chi connectivity index (χ1n) is 6.03. The summed E-state index contributed by atoms with van der Waals surface area (Å²) < 4.78 is 43.2. The van der Waals surface area contributed by atoms with Crippen LogP contribution in [0.4, 0.5) is 4.39 Å². The lowest BCUT2D eigenvalue weighted by Gasteiger charge is -2.14. The second-order valence-electron chi connectivity index (χ2n) is 4.46. The summed E-state index contributed by atoms with van der Waals surface area (Å²) in [5.74, 6) is -0.772. The van der Waals surface area contributed by atoms with E-state index in [2.05, 4.69) is 4.74 Å². The fraction of sp³-hybridized carbons (Fsp3) is 0.214. The van der Waals surface area contributed by atoms with Crippen molar-refractivity contribution in [2.75, 3.05) is 13.4 Å². The van der Waals surface area contributed by atoms with Crippen molar-refractivity contribution in [3.63, 3.8) is 0 Å². The van der Waals surface area contributed by atoms with Gasteiger partial charge < -0.3 is 9.30 Å². The van der Waals surface area contributed by atoms with Crippen molar-refractivity contribution in [2.45, 2.75) is 11.6 Å². The van der Waals surface area contributed by atoms with Crippen LogP contribution in [0.1, 0.15) is 15.9 Å².